The molecule has 0 spiro atoms. The lowest BCUT2D eigenvalue weighted by Crippen LogP contribution is -2.37. The number of aromatic nitrogens is 1. The van der Waals surface area contributed by atoms with Gasteiger partial charge in [-0.05, 0) is 55.5 Å². The van der Waals surface area contributed by atoms with Crippen molar-refractivity contribution < 1.29 is 32.7 Å². The number of hydrogen-bond acceptors (Lipinski definition) is 8. The highest BCUT2D eigenvalue weighted by atomic mass is 32.2. The van der Waals surface area contributed by atoms with Crippen molar-refractivity contribution in [1.29, 1.82) is 0 Å². The summed E-state index contributed by atoms with van der Waals surface area (Å²) < 4.78 is 30.1. The first-order valence-corrected chi connectivity index (χ1v) is 14.0. The number of unbranched alkanes of at least 4 members (excludes halogenated alkanes) is 2. The van der Waals surface area contributed by atoms with Crippen LogP contribution in [0.5, 0.6) is 5.75 Å². The fourth-order valence-corrected chi connectivity index (χ4v) is 4.68. The van der Waals surface area contributed by atoms with E-state index in [4.69, 9.17) is 4.74 Å². The maximum Gasteiger partial charge on any atom is 0.289 e. The van der Waals surface area contributed by atoms with Crippen LogP contribution in [-0.2, 0) is 19.6 Å². The second-order valence-corrected chi connectivity index (χ2v) is 10.3. The average molecular weight is 567 g/mol. The molecule has 210 valence electrons. The number of sulfonamides is 1. The molecule has 0 radical (unpaired) electrons. The Morgan fingerprint density at radius 2 is 1.75 bits per heavy atom. The van der Waals surface area contributed by atoms with Gasteiger partial charge in [-0.3, -0.25) is 24.6 Å². The van der Waals surface area contributed by atoms with Crippen LogP contribution in [0.4, 0.5) is 0 Å². The molecule has 3 amide bonds. The van der Waals surface area contributed by atoms with Gasteiger partial charge < -0.3 is 15.4 Å². The number of pyridine rings is 1. The number of rotatable bonds is 13. The third-order valence-electron chi connectivity index (χ3n) is 5.74. The van der Waals surface area contributed by atoms with Crippen LogP contribution in [0.25, 0.3) is 10.8 Å². The number of carbonyl (C=O) groups is 3. The van der Waals surface area contributed by atoms with Crippen LogP contribution >= 0.6 is 0 Å². The Hall–Kier alpha value is -4.47. The second-order valence-electron chi connectivity index (χ2n) is 8.55. The number of amides is 3. The molecule has 3 rings (SSSR count). The Morgan fingerprint density at radius 1 is 1.00 bits per heavy atom. The fourth-order valence-electron chi connectivity index (χ4n) is 3.64. The molecule has 0 saturated heterocycles. The van der Waals surface area contributed by atoms with E-state index >= 15 is 0 Å². The molecule has 0 bridgehead atoms. The predicted molar refractivity (Wildman–Crippen MR) is 147 cm³/mol. The fraction of sp³-hybridized carbons (Fsp3) is 0.286. The Bertz CT molecular complexity index is 1510. The predicted octanol–water partition coefficient (Wildman–Crippen LogP) is 2.65. The van der Waals surface area contributed by atoms with Gasteiger partial charge in [0.2, 0.25) is 5.91 Å². The van der Waals surface area contributed by atoms with E-state index in [1.807, 2.05) is 12.1 Å². The molecular formula is C28H30N4O7S. The number of hydroxylamine groups is 1. The van der Waals surface area contributed by atoms with Crippen molar-refractivity contribution in [3.8, 4) is 17.6 Å². The van der Waals surface area contributed by atoms with Crippen molar-refractivity contribution in [3.63, 3.8) is 0 Å². The largest absolute Gasteiger partial charge is 0.481 e. The third-order valence-corrected chi connectivity index (χ3v) is 7.27. The van der Waals surface area contributed by atoms with E-state index in [2.05, 4.69) is 27.5 Å². The molecule has 2 aromatic carbocycles. The lowest BCUT2D eigenvalue weighted by atomic mass is 10.1. The minimum absolute atomic E-state index is 0.150. The van der Waals surface area contributed by atoms with Crippen LogP contribution in [-0.4, -0.2) is 60.5 Å². The van der Waals surface area contributed by atoms with Gasteiger partial charge in [0.1, 0.15) is 18.1 Å². The third kappa shape index (κ3) is 8.26. The SMILES string of the molecule is CC#CCOc1ccc(S(=O)(=O)N(O)C(=O)CCCCCNC(=O)CNC(=O)c2nccc3ccccc23)cc1. The number of nitrogens with zero attached hydrogens (tertiary/aromatic N) is 2. The number of hydrogen-bond donors (Lipinski definition) is 3. The monoisotopic (exact) mass is 566 g/mol. The molecule has 40 heavy (non-hydrogen) atoms. The van der Waals surface area contributed by atoms with Gasteiger partial charge in [0.25, 0.3) is 21.8 Å². The minimum Gasteiger partial charge on any atom is -0.481 e. The molecule has 0 aliphatic rings. The molecule has 0 atom stereocenters. The summed E-state index contributed by atoms with van der Waals surface area (Å²) in [6.07, 6.45) is 2.65. The minimum atomic E-state index is -4.42. The van der Waals surface area contributed by atoms with Crippen molar-refractivity contribution in [2.45, 2.75) is 37.5 Å². The zero-order chi connectivity index (χ0) is 29.0. The van der Waals surface area contributed by atoms with Crippen molar-refractivity contribution >= 4 is 38.5 Å². The summed E-state index contributed by atoms with van der Waals surface area (Å²) in [5, 5.41) is 16.8. The summed E-state index contributed by atoms with van der Waals surface area (Å²) in [5.74, 6) is 3.97. The lowest BCUT2D eigenvalue weighted by molar-refractivity contribution is -0.146. The standard InChI is InChI=1S/C28H30N4O7S/c1-2-3-19-39-22-12-14-23(15-13-22)40(37,38)32(36)26(34)11-5-4-8-17-29-25(33)20-31-28(35)27-24-10-7-6-9-21(24)16-18-30-27/h6-7,9-10,12-16,18,36H,4-5,8,11,17,19-20H2,1H3,(H,29,33)(H,31,35). The topological polar surface area (TPSA) is 155 Å². The van der Waals surface area contributed by atoms with Gasteiger partial charge in [-0.15, -0.1) is 10.4 Å². The highest BCUT2D eigenvalue weighted by molar-refractivity contribution is 7.89. The van der Waals surface area contributed by atoms with Gasteiger partial charge in [-0.2, -0.15) is 8.42 Å². The van der Waals surface area contributed by atoms with Gasteiger partial charge in [0, 0.05) is 24.5 Å². The zero-order valence-corrected chi connectivity index (χ0v) is 22.7. The maximum atomic E-state index is 12.5. The molecule has 11 nitrogen and oxygen atoms in total. The first-order chi connectivity index (χ1) is 19.2. The van der Waals surface area contributed by atoms with E-state index in [0.29, 0.717) is 36.9 Å². The summed E-state index contributed by atoms with van der Waals surface area (Å²) in [6.45, 7) is 1.89. The number of ether oxygens (including phenoxy) is 1. The van der Waals surface area contributed by atoms with Crippen LogP contribution in [0.15, 0.2) is 65.7 Å². The van der Waals surface area contributed by atoms with Crippen LogP contribution in [0.3, 0.4) is 0 Å². The number of fused-ring (bicyclic) bond motifs is 1. The Labute approximate surface area is 232 Å². The van der Waals surface area contributed by atoms with Gasteiger partial charge in [0.05, 0.1) is 11.4 Å². The van der Waals surface area contributed by atoms with Crippen molar-refractivity contribution in [3.05, 3.63) is 66.5 Å². The molecule has 1 aromatic heterocycles. The number of carbonyl (C=O) groups excluding carboxylic acids is 3. The molecule has 1 heterocycles. The highest BCUT2D eigenvalue weighted by Crippen LogP contribution is 2.20. The van der Waals surface area contributed by atoms with E-state index in [1.54, 1.807) is 25.1 Å². The van der Waals surface area contributed by atoms with Crippen molar-refractivity contribution in [1.82, 2.24) is 20.1 Å². The first-order valence-electron chi connectivity index (χ1n) is 12.5. The van der Waals surface area contributed by atoms with Crippen molar-refractivity contribution in [2.75, 3.05) is 19.7 Å². The lowest BCUT2D eigenvalue weighted by Gasteiger charge is -2.15. The summed E-state index contributed by atoms with van der Waals surface area (Å²) in [7, 11) is -4.42. The van der Waals surface area contributed by atoms with Gasteiger partial charge in [0.15, 0.2) is 0 Å². The van der Waals surface area contributed by atoms with Crippen LogP contribution in [0.1, 0.15) is 43.1 Å². The molecule has 0 saturated carbocycles. The van der Waals surface area contributed by atoms with Gasteiger partial charge in [-0.25, -0.2) is 0 Å². The molecule has 0 aliphatic carbocycles. The van der Waals surface area contributed by atoms with E-state index in [-0.39, 0.29) is 40.5 Å². The second kappa shape index (κ2) is 14.6. The molecule has 3 N–H and O–H groups in total. The smallest absolute Gasteiger partial charge is 0.289 e. The molecule has 3 aromatic rings. The average Bonchev–Trinajstić information content (AvgIpc) is 2.97. The quantitative estimate of drug-likeness (QED) is 0.123. The van der Waals surface area contributed by atoms with E-state index in [1.165, 1.54) is 30.5 Å². The number of benzene rings is 2. The normalized spacial score (nSPS) is 10.8. The zero-order valence-electron chi connectivity index (χ0n) is 21.9. The van der Waals surface area contributed by atoms with E-state index < -0.39 is 21.8 Å². The molecule has 0 aliphatic heterocycles. The summed E-state index contributed by atoms with van der Waals surface area (Å²) >= 11 is 0. The number of nitrogens with one attached hydrogen (secondary N) is 2. The molecule has 0 fully saturated rings. The van der Waals surface area contributed by atoms with Crippen LogP contribution in [0.2, 0.25) is 0 Å². The summed E-state index contributed by atoms with van der Waals surface area (Å²) in [4.78, 5) is 40.6. The Kier molecular flexibility index (Phi) is 11.0. The highest BCUT2D eigenvalue weighted by Gasteiger charge is 2.27. The Balaban J connectivity index is 1.34. The van der Waals surface area contributed by atoms with Gasteiger partial charge >= 0.3 is 0 Å². The molecular weight excluding hydrogens is 536 g/mol. The van der Waals surface area contributed by atoms with E-state index in [0.717, 1.165) is 5.39 Å². The van der Waals surface area contributed by atoms with Crippen molar-refractivity contribution in [2.24, 2.45) is 0 Å². The molecule has 0 unspecified atom stereocenters. The van der Waals surface area contributed by atoms with E-state index in [9.17, 15) is 28.0 Å². The molecule has 12 heteroatoms. The van der Waals surface area contributed by atoms with Gasteiger partial charge in [-0.1, -0.05) is 36.6 Å². The summed E-state index contributed by atoms with van der Waals surface area (Å²) in [5.41, 5.74) is 0.235. The van der Waals surface area contributed by atoms with Crippen LogP contribution < -0.4 is 15.4 Å². The Morgan fingerprint density at radius 3 is 2.50 bits per heavy atom. The first kappa shape index (κ1) is 30.1. The van der Waals surface area contributed by atoms with Crippen LogP contribution in [0, 0.1) is 11.8 Å². The maximum absolute atomic E-state index is 12.5. The summed E-state index contributed by atoms with van der Waals surface area (Å²) in [6, 6.07) is 14.4.